The maximum Gasteiger partial charge on any atom is 0.291 e. The maximum absolute atomic E-state index is 10.4. The van der Waals surface area contributed by atoms with Crippen LogP contribution in [0.25, 0.3) is 32.6 Å². The van der Waals surface area contributed by atoms with Crippen molar-refractivity contribution in [3.63, 3.8) is 0 Å². The van der Waals surface area contributed by atoms with E-state index in [0.717, 1.165) is 43.7 Å². The molecule has 1 fully saturated rings. The number of aliphatic hydroxyl groups is 3. The number of rotatable bonds is 1. The van der Waals surface area contributed by atoms with Gasteiger partial charge in [-0.25, -0.2) is 0 Å². The Bertz CT molecular complexity index is 1270. The molecule has 0 aliphatic carbocycles. The van der Waals surface area contributed by atoms with Crippen molar-refractivity contribution in [3.8, 4) is 5.75 Å². The molecule has 8 heteroatoms. The van der Waals surface area contributed by atoms with Crippen LogP contribution in [-0.4, -0.2) is 50.3 Å². The van der Waals surface area contributed by atoms with Crippen LogP contribution in [0.4, 0.5) is 0 Å². The molecule has 30 heavy (non-hydrogen) atoms. The van der Waals surface area contributed by atoms with Gasteiger partial charge in [0.1, 0.15) is 18.0 Å². The van der Waals surface area contributed by atoms with Gasteiger partial charge in [-0.2, -0.15) is 4.57 Å². The number of halogens is 1. The van der Waals surface area contributed by atoms with Gasteiger partial charge in [0.15, 0.2) is 18.5 Å². The molecular weight excluding hydrogens is 452 g/mol. The monoisotopic (exact) mass is 474 g/mol. The summed E-state index contributed by atoms with van der Waals surface area (Å²) in [6.07, 6.45) is -0.690. The molecule has 3 heterocycles. The molecule has 0 spiro atoms. The number of benzene rings is 2. The van der Waals surface area contributed by atoms with Crippen LogP contribution in [0.3, 0.4) is 0 Å². The number of hydrogen-bond donors (Lipinski definition) is 5. The van der Waals surface area contributed by atoms with Crippen molar-refractivity contribution in [3.05, 3.63) is 47.8 Å². The van der Waals surface area contributed by atoms with Crippen molar-refractivity contribution < 1.29 is 46.7 Å². The number of aryl methyl sites for hydroxylation is 2. The van der Waals surface area contributed by atoms with E-state index in [4.69, 9.17) is 4.74 Å². The molecule has 7 nitrogen and oxygen atoms in total. The molecule has 4 aromatic rings. The van der Waals surface area contributed by atoms with E-state index in [0.29, 0.717) is 0 Å². The second-order valence-corrected chi connectivity index (χ2v) is 7.85. The molecule has 2 aromatic heterocycles. The fourth-order valence-corrected chi connectivity index (χ4v) is 4.47. The summed E-state index contributed by atoms with van der Waals surface area (Å²) in [5.74, 6) is 0.213. The number of aromatic amines is 1. The third kappa shape index (κ3) is 2.99. The minimum Gasteiger partial charge on any atom is -1.00 e. The molecule has 0 unspecified atom stereocenters. The average molecular weight is 475 g/mol. The van der Waals surface area contributed by atoms with Gasteiger partial charge in [0.05, 0.1) is 12.1 Å². The molecule has 5 rings (SSSR count). The Balaban J connectivity index is 0.00000218. The van der Waals surface area contributed by atoms with Crippen LogP contribution in [0, 0.1) is 13.8 Å². The Hall–Kier alpha value is -2.23. The second-order valence-electron chi connectivity index (χ2n) is 7.85. The fraction of sp³-hybridized carbons (Fsp3) is 0.318. The van der Waals surface area contributed by atoms with E-state index in [9.17, 15) is 20.4 Å². The number of phenolic OH excluding ortho intramolecular Hbond substituents is 1. The molecule has 1 aliphatic rings. The van der Waals surface area contributed by atoms with E-state index in [1.807, 2.05) is 31.5 Å². The van der Waals surface area contributed by atoms with E-state index in [1.165, 1.54) is 0 Å². The molecule has 0 amide bonds. The first kappa shape index (κ1) is 21.0. The first-order valence-electron chi connectivity index (χ1n) is 9.60. The summed E-state index contributed by atoms with van der Waals surface area (Å²) < 4.78 is 7.33. The first-order valence-corrected chi connectivity index (χ1v) is 9.60. The highest BCUT2D eigenvalue weighted by Gasteiger charge is 2.43. The second kappa shape index (κ2) is 7.47. The highest BCUT2D eigenvalue weighted by atomic mass is 79.9. The standard InChI is InChI=1S/C22H22N2O5.BrH/c1-10-15-8-24(22-21(28)20(27)17(26)9-29-22)6-5-13(15)11(2)19-18(10)14-7-12(25)3-4-16(14)23-19;/h3-8,17,20-22,25-28H,9H2,1-2H3;1H/t17-,20-,21+,22+;/m0./s1. The smallest absolute Gasteiger partial charge is 0.291 e. The molecule has 0 radical (unpaired) electrons. The van der Waals surface area contributed by atoms with Crippen molar-refractivity contribution in [2.75, 3.05) is 6.61 Å². The van der Waals surface area contributed by atoms with Gasteiger partial charge in [-0.3, -0.25) is 0 Å². The number of H-pyrrole nitrogens is 1. The fourth-order valence-electron chi connectivity index (χ4n) is 4.47. The number of hydrogen-bond acceptors (Lipinski definition) is 5. The van der Waals surface area contributed by atoms with E-state index in [1.54, 1.807) is 16.7 Å². The third-order valence-corrected chi connectivity index (χ3v) is 6.09. The van der Waals surface area contributed by atoms with Crippen LogP contribution >= 0.6 is 0 Å². The Morgan fingerprint density at radius 3 is 2.53 bits per heavy atom. The lowest BCUT2D eigenvalue weighted by atomic mass is 9.96. The van der Waals surface area contributed by atoms with Gasteiger partial charge in [-0.15, -0.1) is 0 Å². The van der Waals surface area contributed by atoms with Crippen LogP contribution in [0.5, 0.6) is 5.75 Å². The van der Waals surface area contributed by atoms with Gasteiger partial charge in [-0.05, 0) is 48.6 Å². The number of aliphatic hydroxyl groups excluding tert-OH is 3. The minimum absolute atomic E-state index is 0. The highest BCUT2D eigenvalue weighted by Crippen LogP contribution is 2.37. The number of aromatic hydroxyl groups is 1. The molecule has 5 N–H and O–H groups in total. The zero-order valence-electron chi connectivity index (χ0n) is 16.5. The molecule has 158 valence electrons. The number of nitrogens with one attached hydrogen (secondary N) is 1. The van der Waals surface area contributed by atoms with Crippen LogP contribution in [0.15, 0.2) is 36.7 Å². The van der Waals surface area contributed by atoms with E-state index < -0.39 is 24.5 Å². The molecule has 1 saturated heterocycles. The van der Waals surface area contributed by atoms with Crippen LogP contribution < -0.4 is 21.5 Å². The normalized spacial score (nSPS) is 24.4. The van der Waals surface area contributed by atoms with Gasteiger partial charge in [0, 0.05) is 27.7 Å². The van der Waals surface area contributed by atoms with Crippen molar-refractivity contribution in [2.45, 2.75) is 38.4 Å². The molecular formula is C22H23BrN2O5. The molecule has 1 aliphatic heterocycles. The Labute approximate surface area is 182 Å². The summed E-state index contributed by atoms with van der Waals surface area (Å²) in [4.78, 5) is 3.46. The number of phenols is 1. The number of fused-ring (bicyclic) bond motifs is 4. The summed E-state index contributed by atoms with van der Waals surface area (Å²) in [7, 11) is 0. The zero-order chi connectivity index (χ0) is 20.4. The number of aromatic nitrogens is 2. The molecule has 2 aromatic carbocycles. The van der Waals surface area contributed by atoms with Crippen molar-refractivity contribution in [2.24, 2.45) is 0 Å². The zero-order valence-corrected chi connectivity index (χ0v) is 18.1. The average Bonchev–Trinajstić information content (AvgIpc) is 3.09. The predicted octanol–water partition coefficient (Wildman–Crippen LogP) is -1.30. The minimum atomic E-state index is -1.26. The lowest BCUT2D eigenvalue weighted by Crippen LogP contribution is -3.00. The SMILES string of the molecule is Cc1c2cc[n+]([C@@H]3OC[C@H](O)[C@H](O)[C@H]3O)cc2c(C)c2c1[nH]c1ccc(O)cc12.[Br-]. The maximum atomic E-state index is 10.4. The summed E-state index contributed by atoms with van der Waals surface area (Å²) in [5.41, 5.74) is 4.11. The lowest BCUT2D eigenvalue weighted by molar-refractivity contribution is -0.774. The van der Waals surface area contributed by atoms with Crippen LogP contribution in [-0.2, 0) is 4.74 Å². The number of nitrogens with zero attached hydrogens (tertiary/aromatic N) is 1. The van der Waals surface area contributed by atoms with E-state index in [2.05, 4.69) is 11.9 Å². The van der Waals surface area contributed by atoms with Crippen LogP contribution in [0.1, 0.15) is 17.4 Å². The first-order chi connectivity index (χ1) is 13.9. The summed E-state index contributed by atoms with van der Waals surface area (Å²) in [5, 5.41) is 44.1. The quantitative estimate of drug-likeness (QED) is 0.220. The highest BCUT2D eigenvalue weighted by molar-refractivity contribution is 6.16. The molecule has 0 saturated carbocycles. The molecule has 4 atom stereocenters. The molecule has 0 bridgehead atoms. The van der Waals surface area contributed by atoms with Gasteiger partial charge in [0.2, 0.25) is 0 Å². The third-order valence-electron chi connectivity index (χ3n) is 6.09. The Kier molecular flexibility index (Phi) is 5.24. The Morgan fingerprint density at radius 1 is 1.00 bits per heavy atom. The van der Waals surface area contributed by atoms with E-state index in [-0.39, 0.29) is 29.3 Å². The topological polar surface area (TPSA) is 110 Å². The summed E-state index contributed by atoms with van der Waals surface area (Å²) >= 11 is 0. The largest absolute Gasteiger partial charge is 1.00 e. The number of pyridine rings is 1. The van der Waals surface area contributed by atoms with Crippen molar-refractivity contribution in [1.82, 2.24) is 4.98 Å². The summed E-state index contributed by atoms with van der Waals surface area (Å²) in [6, 6.07) is 7.26. The predicted molar refractivity (Wildman–Crippen MR) is 108 cm³/mol. The van der Waals surface area contributed by atoms with Crippen molar-refractivity contribution in [1.29, 1.82) is 0 Å². The lowest BCUT2D eigenvalue weighted by Gasteiger charge is -2.31. The van der Waals surface area contributed by atoms with Gasteiger partial charge < -0.3 is 47.1 Å². The number of ether oxygens (including phenoxy) is 1. The van der Waals surface area contributed by atoms with Gasteiger partial charge in [0.25, 0.3) is 6.23 Å². The van der Waals surface area contributed by atoms with Gasteiger partial charge in [-0.1, -0.05) is 0 Å². The van der Waals surface area contributed by atoms with Crippen molar-refractivity contribution >= 4 is 32.6 Å². The van der Waals surface area contributed by atoms with Crippen LogP contribution in [0.2, 0.25) is 0 Å². The Morgan fingerprint density at radius 2 is 1.77 bits per heavy atom. The van der Waals surface area contributed by atoms with Gasteiger partial charge >= 0.3 is 0 Å². The summed E-state index contributed by atoms with van der Waals surface area (Å²) in [6.45, 7) is 4.03. The van der Waals surface area contributed by atoms with E-state index >= 15 is 0 Å².